The van der Waals surface area contributed by atoms with Gasteiger partial charge in [-0.05, 0) is 44.0 Å². The minimum Gasteiger partial charge on any atom is -0.378 e. The molecule has 5 heteroatoms. The molecular formula is C9H10Br2N2O. The van der Waals surface area contributed by atoms with E-state index in [1.54, 1.807) is 0 Å². The third-order valence-corrected chi connectivity index (χ3v) is 3.88. The van der Waals surface area contributed by atoms with E-state index in [1.807, 2.05) is 12.1 Å². The van der Waals surface area contributed by atoms with E-state index in [2.05, 4.69) is 42.2 Å². The quantitative estimate of drug-likeness (QED) is 0.806. The van der Waals surface area contributed by atoms with Gasteiger partial charge in [-0.3, -0.25) is 0 Å². The number of pyridine rings is 1. The molecule has 2 heterocycles. The monoisotopic (exact) mass is 320 g/mol. The van der Waals surface area contributed by atoms with Crippen molar-refractivity contribution in [1.82, 2.24) is 10.3 Å². The zero-order valence-electron chi connectivity index (χ0n) is 7.46. The third-order valence-electron chi connectivity index (χ3n) is 2.10. The van der Waals surface area contributed by atoms with Gasteiger partial charge < -0.3 is 10.1 Å². The van der Waals surface area contributed by atoms with Gasteiger partial charge in [0.05, 0.1) is 29.4 Å². The summed E-state index contributed by atoms with van der Waals surface area (Å²) in [6.45, 7) is 2.37. The number of morpholine rings is 1. The molecule has 1 aromatic heterocycles. The lowest BCUT2D eigenvalue weighted by Gasteiger charge is -2.23. The lowest BCUT2D eigenvalue weighted by molar-refractivity contribution is 0.0755. The predicted molar refractivity (Wildman–Crippen MR) is 61.2 cm³/mol. The van der Waals surface area contributed by atoms with Gasteiger partial charge >= 0.3 is 0 Å². The highest BCUT2D eigenvalue weighted by atomic mass is 79.9. The molecule has 0 saturated carbocycles. The predicted octanol–water partition coefficient (Wildman–Crippen LogP) is 2.27. The van der Waals surface area contributed by atoms with Gasteiger partial charge in [0.25, 0.3) is 0 Å². The molecule has 0 amide bonds. The van der Waals surface area contributed by atoms with Gasteiger partial charge in [-0.2, -0.15) is 0 Å². The van der Waals surface area contributed by atoms with Crippen LogP contribution in [0.25, 0.3) is 0 Å². The van der Waals surface area contributed by atoms with Crippen molar-refractivity contribution in [2.45, 2.75) is 6.04 Å². The van der Waals surface area contributed by atoms with E-state index in [9.17, 15) is 0 Å². The maximum Gasteiger partial charge on any atom is 0.120 e. The summed E-state index contributed by atoms with van der Waals surface area (Å²) in [6, 6.07) is 4.21. The first kappa shape index (κ1) is 10.5. The number of nitrogens with one attached hydrogen (secondary N) is 1. The number of aromatic nitrogens is 1. The molecule has 1 fully saturated rings. The molecule has 0 bridgehead atoms. The van der Waals surface area contributed by atoms with Crippen molar-refractivity contribution < 1.29 is 4.74 Å². The Balaban J connectivity index is 2.18. The van der Waals surface area contributed by atoms with Gasteiger partial charge in [-0.1, -0.05) is 0 Å². The van der Waals surface area contributed by atoms with E-state index in [-0.39, 0.29) is 6.04 Å². The molecule has 1 N–H and O–H groups in total. The van der Waals surface area contributed by atoms with Crippen molar-refractivity contribution >= 4 is 31.9 Å². The van der Waals surface area contributed by atoms with Crippen molar-refractivity contribution in [2.24, 2.45) is 0 Å². The average molecular weight is 322 g/mol. The van der Waals surface area contributed by atoms with Crippen LogP contribution in [-0.2, 0) is 4.74 Å². The average Bonchev–Trinajstić information content (AvgIpc) is 2.23. The van der Waals surface area contributed by atoms with Gasteiger partial charge in [-0.15, -0.1) is 0 Å². The van der Waals surface area contributed by atoms with E-state index >= 15 is 0 Å². The van der Waals surface area contributed by atoms with Crippen LogP contribution in [0, 0.1) is 0 Å². The fraction of sp³-hybridized carbons (Fsp3) is 0.444. The van der Waals surface area contributed by atoms with Crippen LogP contribution in [0.4, 0.5) is 0 Å². The zero-order chi connectivity index (χ0) is 9.97. The fourth-order valence-electron chi connectivity index (χ4n) is 1.38. The van der Waals surface area contributed by atoms with E-state index in [0.29, 0.717) is 6.61 Å². The van der Waals surface area contributed by atoms with Crippen LogP contribution >= 0.6 is 31.9 Å². The molecule has 2 rings (SSSR count). The van der Waals surface area contributed by atoms with Crippen molar-refractivity contribution in [1.29, 1.82) is 0 Å². The number of rotatable bonds is 1. The smallest absolute Gasteiger partial charge is 0.120 e. The summed E-state index contributed by atoms with van der Waals surface area (Å²) >= 11 is 6.78. The Morgan fingerprint density at radius 2 is 2.29 bits per heavy atom. The van der Waals surface area contributed by atoms with Crippen molar-refractivity contribution in [3.63, 3.8) is 0 Å². The molecule has 0 aliphatic carbocycles. The summed E-state index contributed by atoms with van der Waals surface area (Å²) in [7, 11) is 0. The number of hydrogen-bond donors (Lipinski definition) is 1. The Bertz CT molecular complexity index is 327. The molecule has 0 spiro atoms. The van der Waals surface area contributed by atoms with Crippen LogP contribution in [0.1, 0.15) is 11.7 Å². The van der Waals surface area contributed by atoms with Crippen molar-refractivity contribution in [2.75, 3.05) is 19.8 Å². The summed E-state index contributed by atoms with van der Waals surface area (Å²) in [4.78, 5) is 4.42. The van der Waals surface area contributed by atoms with Crippen molar-refractivity contribution in [3.8, 4) is 0 Å². The summed E-state index contributed by atoms with van der Waals surface area (Å²) in [5, 5.41) is 3.36. The number of halogens is 2. The Morgan fingerprint density at radius 1 is 1.43 bits per heavy atom. The SMILES string of the molecule is Brc1ccc(C2COCCN2)nc1Br. The van der Waals surface area contributed by atoms with Gasteiger partial charge in [0, 0.05) is 6.54 Å². The summed E-state index contributed by atoms with van der Waals surface area (Å²) in [5.41, 5.74) is 1.01. The minimum absolute atomic E-state index is 0.216. The highest BCUT2D eigenvalue weighted by Gasteiger charge is 2.16. The second-order valence-electron chi connectivity index (χ2n) is 3.09. The van der Waals surface area contributed by atoms with Crippen LogP contribution in [0.3, 0.4) is 0 Å². The normalized spacial score (nSPS) is 22.3. The summed E-state index contributed by atoms with van der Waals surface area (Å²) in [5.74, 6) is 0. The summed E-state index contributed by atoms with van der Waals surface area (Å²) in [6.07, 6.45) is 0. The molecule has 76 valence electrons. The lowest BCUT2D eigenvalue weighted by atomic mass is 10.2. The molecule has 0 radical (unpaired) electrons. The topological polar surface area (TPSA) is 34.1 Å². The Labute approximate surface area is 99.5 Å². The molecule has 1 aliphatic rings. The first-order chi connectivity index (χ1) is 6.77. The third kappa shape index (κ3) is 2.34. The van der Waals surface area contributed by atoms with Crippen molar-refractivity contribution in [3.05, 3.63) is 26.9 Å². The number of hydrogen-bond acceptors (Lipinski definition) is 3. The van der Waals surface area contributed by atoms with E-state index < -0.39 is 0 Å². The Hall–Kier alpha value is 0.0300. The van der Waals surface area contributed by atoms with E-state index in [0.717, 1.165) is 27.9 Å². The molecule has 1 saturated heterocycles. The highest BCUT2D eigenvalue weighted by Crippen LogP contribution is 2.23. The molecular weight excluding hydrogens is 312 g/mol. The number of ether oxygens (including phenoxy) is 1. The molecule has 3 nitrogen and oxygen atoms in total. The highest BCUT2D eigenvalue weighted by molar-refractivity contribution is 9.13. The fourth-order valence-corrected chi connectivity index (χ4v) is 1.94. The van der Waals surface area contributed by atoms with E-state index in [1.165, 1.54) is 0 Å². The van der Waals surface area contributed by atoms with Gasteiger partial charge in [0.2, 0.25) is 0 Å². The Morgan fingerprint density at radius 3 is 2.93 bits per heavy atom. The van der Waals surface area contributed by atoms with Gasteiger partial charge in [0.15, 0.2) is 0 Å². The second kappa shape index (κ2) is 4.70. The minimum atomic E-state index is 0.216. The molecule has 1 aromatic rings. The largest absolute Gasteiger partial charge is 0.378 e. The number of nitrogens with zero attached hydrogens (tertiary/aromatic N) is 1. The zero-order valence-corrected chi connectivity index (χ0v) is 10.6. The van der Waals surface area contributed by atoms with Crippen LogP contribution < -0.4 is 5.32 Å². The summed E-state index contributed by atoms with van der Waals surface area (Å²) < 4.78 is 7.18. The maximum absolute atomic E-state index is 5.38. The lowest BCUT2D eigenvalue weighted by Crippen LogP contribution is -2.35. The standard InChI is InChI=1S/C9H10Br2N2O/c10-6-1-2-7(13-9(6)11)8-5-14-4-3-12-8/h1-2,8,12H,3-5H2. The molecule has 1 unspecified atom stereocenters. The maximum atomic E-state index is 5.38. The molecule has 1 aliphatic heterocycles. The van der Waals surface area contributed by atoms with Crippen LogP contribution in [-0.4, -0.2) is 24.7 Å². The second-order valence-corrected chi connectivity index (χ2v) is 4.70. The van der Waals surface area contributed by atoms with Gasteiger partial charge in [0.1, 0.15) is 4.60 Å². The molecule has 1 atom stereocenters. The van der Waals surface area contributed by atoms with Gasteiger partial charge in [-0.25, -0.2) is 4.98 Å². The van der Waals surface area contributed by atoms with Crippen LogP contribution in [0.2, 0.25) is 0 Å². The Kier molecular flexibility index (Phi) is 3.54. The van der Waals surface area contributed by atoms with Crippen LogP contribution in [0.5, 0.6) is 0 Å². The molecule has 14 heavy (non-hydrogen) atoms. The van der Waals surface area contributed by atoms with E-state index in [4.69, 9.17) is 4.74 Å². The van der Waals surface area contributed by atoms with Crippen LogP contribution in [0.15, 0.2) is 21.2 Å². The first-order valence-corrected chi connectivity index (χ1v) is 5.99. The molecule has 0 aromatic carbocycles. The first-order valence-electron chi connectivity index (χ1n) is 4.40.